The summed E-state index contributed by atoms with van der Waals surface area (Å²) in [5, 5.41) is 24.0. The molecule has 12 nitrogen and oxygen atoms in total. The van der Waals surface area contributed by atoms with E-state index in [2.05, 4.69) is 0 Å². The summed E-state index contributed by atoms with van der Waals surface area (Å²) in [4.78, 5) is 51.8. The lowest BCUT2D eigenvalue weighted by Crippen LogP contribution is -2.67. The molecule has 2 N–H and O–H groups in total. The van der Waals surface area contributed by atoms with Crippen molar-refractivity contribution in [2.45, 2.75) is 82.9 Å². The van der Waals surface area contributed by atoms with Gasteiger partial charge in [-0.1, -0.05) is 20.8 Å². The Morgan fingerprint density at radius 1 is 1.14 bits per heavy atom. The number of aliphatic hydroxyl groups excluding tert-OH is 1. The zero-order chi connectivity index (χ0) is 25.5. The van der Waals surface area contributed by atoms with Gasteiger partial charge in [-0.2, -0.15) is 0 Å². The first kappa shape index (κ1) is 23.0. The van der Waals surface area contributed by atoms with Gasteiger partial charge in [0, 0.05) is 0 Å². The van der Waals surface area contributed by atoms with Crippen LogP contribution in [0.3, 0.4) is 0 Å². The number of aliphatic hydroxyl groups is 2. The van der Waals surface area contributed by atoms with Crippen molar-refractivity contribution in [3.8, 4) is 0 Å². The standard InChI is InChI=1S/C23H28O12/c1-6-30-18(28)33-13-15(26)34-17-20(13)9(19(3,4)5)7-10-21(20)11(24)12-22(29,8(2)14(25)32-12)23(21,35-17)16(27)31-10/h8-13,17,24,29H,6-7H2,1-5H3/t8-,9+,10-,11-,12+,13+,17+,20+,21+,22-,23-/m1/s1. The minimum Gasteiger partial charge on any atom is -0.459 e. The number of carbonyl (C=O) groups excluding carboxylic acids is 4. The quantitative estimate of drug-likeness (QED) is 0.383. The van der Waals surface area contributed by atoms with Gasteiger partial charge in [-0.3, -0.25) is 4.79 Å². The molecule has 4 aliphatic heterocycles. The molecule has 4 saturated heterocycles. The van der Waals surface area contributed by atoms with Crippen molar-refractivity contribution in [2.24, 2.45) is 28.1 Å². The maximum absolute atomic E-state index is 13.6. The highest BCUT2D eigenvalue weighted by Crippen LogP contribution is 2.84. The van der Waals surface area contributed by atoms with Crippen LogP contribution in [0.5, 0.6) is 0 Å². The molecule has 0 aromatic heterocycles. The molecular weight excluding hydrogens is 468 g/mol. The van der Waals surface area contributed by atoms with Gasteiger partial charge >= 0.3 is 24.1 Å². The predicted molar refractivity (Wildman–Crippen MR) is 108 cm³/mol. The van der Waals surface area contributed by atoms with E-state index in [0.29, 0.717) is 0 Å². The zero-order valence-corrected chi connectivity index (χ0v) is 19.9. The number of carbonyl (C=O) groups is 4. The van der Waals surface area contributed by atoms with Crippen LogP contribution in [0, 0.1) is 28.1 Å². The fourth-order valence-corrected chi connectivity index (χ4v) is 8.49. The summed E-state index contributed by atoms with van der Waals surface area (Å²) >= 11 is 0. The molecule has 4 heterocycles. The van der Waals surface area contributed by atoms with E-state index in [4.69, 9.17) is 28.4 Å². The lowest BCUT2D eigenvalue weighted by molar-refractivity contribution is -0.239. The van der Waals surface area contributed by atoms with Crippen molar-refractivity contribution in [3.63, 3.8) is 0 Å². The van der Waals surface area contributed by atoms with Gasteiger partial charge in [0.1, 0.15) is 12.2 Å². The number of hydrogen-bond acceptors (Lipinski definition) is 12. The van der Waals surface area contributed by atoms with Gasteiger partial charge in [0.25, 0.3) is 0 Å². The van der Waals surface area contributed by atoms with Gasteiger partial charge < -0.3 is 38.6 Å². The van der Waals surface area contributed by atoms with E-state index in [9.17, 15) is 29.4 Å². The largest absolute Gasteiger partial charge is 0.509 e. The van der Waals surface area contributed by atoms with E-state index < -0.39 is 94.1 Å². The highest BCUT2D eigenvalue weighted by atomic mass is 16.8. The molecule has 35 heavy (non-hydrogen) atoms. The molecule has 0 aromatic carbocycles. The smallest absolute Gasteiger partial charge is 0.459 e. The van der Waals surface area contributed by atoms with Crippen LogP contribution in [0.4, 0.5) is 4.79 Å². The second-order valence-electron chi connectivity index (χ2n) is 11.4. The summed E-state index contributed by atoms with van der Waals surface area (Å²) in [5.41, 5.74) is -8.70. The van der Waals surface area contributed by atoms with Crippen molar-refractivity contribution in [1.82, 2.24) is 0 Å². The molecule has 12 heteroatoms. The normalized spacial score (nSPS) is 52.9. The van der Waals surface area contributed by atoms with Crippen LogP contribution >= 0.6 is 0 Å². The Morgan fingerprint density at radius 3 is 2.46 bits per heavy atom. The average Bonchev–Trinajstić information content (AvgIpc) is 3.47. The molecule has 192 valence electrons. The molecular formula is C23H28O12. The fraction of sp³-hybridized carbons (Fsp3) is 0.826. The molecule has 2 aliphatic carbocycles. The van der Waals surface area contributed by atoms with E-state index in [-0.39, 0.29) is 13.0 Å². The Kier molecular flexibility index (Phi) is 4.12. The van der Waals surface area contributed by atoms with Gasteiger partial charge in [-0.15, -0.1) is 0 Å². The molecule has 0 unspecified atom stereocenters. The Morgan fingerprint density at radius 2 is 1.83 bits per heavy atom. The Hall–Kier alpha value is -2.44. The van der Waals surface area contributed by atoms with Gasteiger partial charge in [-0.25, -0.2) is 14.4 Å². The van der Waals surface area contributed by atoms with Crippen molar-refractivity contribution >= 4 is 24.1 Å². The molecule has 6 fully saturated rings. The molecule has 0 bridgehead atoms. The minimum atomic E-state index is -2.32. The highest BCUT2D eigenvalue weighted by Gasteiger charge is 3.04. The van der Waals surface area contributed by atoms with Crippen LogP contribution in [-0.2, 0) is 42.8 Å². The van der Waals surface area contributed by atoms with E-state index in [1.165, 1.54) is 6.92 Å². The van der Waals surface area contributed by atoms with Crippen LogP contribution in [-0.4, -0.2) is 82.8 Å². The summed E-state index contributed by atoms with van der Waals surface area (Å²) in [5.74, 6) is -4.55. The monoisotopic (exact) mass is 496 g/mol. The number of ether oxygens (including phenoxy) is 6. The van der Waals surface area contributed by atoms with E-state index in [1.54, 1.807) is 6.92 Å². The summed E-state index contributed by atoms with van der Waals surface area (Å²) in [6.07, 6.45) is -8.35. The Labute approximate surface area is 200 Å². The van der Waals surface area contributed by atoms with Crippen molar-refractivity contribution in [1.29, 1.82) is 0 Å². The summed E-state index contributed by atoms with van der Waals surface area (Å²) < 4.78 is 33.5. The van der Waals surface area contributed by atoms with E-state index in [0.717, 1.165) is 0 Å². The van der Waals surface area contributed by atoms with Gasteiger partial charge in [0.15, 0.2) is 11.7 Å². The van der Waals surface area contributed by atoms with Crippen LogP contribution < -0.4 is 0 Å². The third-order valence-corrected chi connectivity index (χ3v) is 9.44. The Bertz CT molecular complexity index is 1070. The molecule has 2 saturated carbocycles. The molecule has 2 spiro atoms. The van der Waals surface area contributed by atoms with Crippen LogP contribution in [0.15, 0.2) is 0 Å². The van der Waals surface area contributed by atoms with Crippen LogP contribution in [0.25, 0.3) is 0 Å². The van der Waals surface area contributed by atoms with Crippen LogP contribution in [0.1, 0.15) is 41.0 Å². The summed E-state index contributed by atoms with van der Waals surface area (Å²) in [7, 11) is 0. The SMILES string of the molecule is CCOC(=O)O[C@H]1C(=O)O[C@H]2O[C@]34C(=O)O[C@@H]5C[C@@H](C(C)(C)C)[C@@]21[C@@]53[C@H](O)[C@@H]1OC(=O)[C@@H](C)[C@@]14O. The number of fused-ring (bicyclic) bond motifs is 1. The molecule has 6 aliphatic rings. The maximum Gasteiger partial charge on any atom is 0.509 e. The number of rotatable bonds is 2. The summed E-state index contributed by atoms with van der Waals surface area (Å²) in [6.45, 7) is 8.61. The van der Waals surface area contributed by atoms with Gasteiger partial charge in [0.05, 0.1) is 23.4 Å². The van der Waals surface area contributed by atoms with E-state index >= 15 is 0 Å². The van der Waals surface area contributed by atoms with Crippen molar-refractivity contribution in [2.75, 3.05) is 6.61 Å². The second kappa shape index (κ2) is 6.27. The van der Waals surface area contributed by atoms with E-state index in [1.807, 2.05) is 20.8 Å². The first-order chi connectivity index (χ1) is 16.3. The predicted octanol–water partition coefficient (Wildman–Crippen LogP) is -0.189. The van der Waals surface area contributed by atoms with Crippen molar-refractivity contribution in [3.05, 3.63) is 0 Å². The topological polar surface area (TPSA) is 164 Å². The van der Waals surface area contributed by atoms with Gasteiger partial charge in [-0.05, 0) is 31.6 Å². The lowest BCUT2D eigenvalue weighted by atomic mass is 9.51. The second-order valence-corrected chi connectivity index (χ2v) is 11.4. The third-order valence-electron chi connectivity index (χ3n) is 9.44. The Balaban J connectivity index is 1.66. The molecule has 6 rings (SSSR count). The first-order valence-electron chi connectivity index (χ1n) is 11.8. The molecule has 11 atom stereocenters. The zero-order valence-electron chi connectivity index (χ0n) is 19.9. The average molecular weight is 496 g/mol. The van der Waals surface area contributed by atoms with Crippen molar-refractivity contribution < 1.29 is 57.8 Å². The lowest BCUT2D eigenvalue weighted by Gasteiger charge is -2.48. The highest BCUT2D eigenvalue weighted by molar-refractivity contribution is 5.94. The van der Waals surface area contributed by atoms with Gasteiger partial charge in [0.2, 0.25) is 18.0 Å². The fourth-order valence-electron chi connectivity index (χ4n) is 8.49. The summed E-state index contributed by atoms with van der Waals surface area (Å²) in [6, 6.07) is 0. The minimum absolute atomic E-state index is 0.0204. The number of hydrogen-bond donors (Lipinski definition) is 2. The maximum atomic E-state index is 13.6. The van der Waals surface area contributed by atoms with Crippen LogP contribution in [0.2, 0.25) is 0 Å². The molecule has 0 aromatic rings. The third kappa shape index (κ3) is 1.96. The molecule has 0 radical (unpaired) electrons. The molecule has 0 amide bonds. The first-order valence-corrected chi connectivity index (χ1v) is 11.8. The number of esters is 3.